The Labute approximate surface area is 123 Å². The standard InChI is InChI=1S/C8H5F13OS/c9-3(10,1-2-23-22)4(11,12)5(13,14)6(15,16)7(17,18)8(19,20)21/h22H,1-2H2. The maximum Gasteiger partial charge on any atom is 0.460 e. The zero-order valence-electron chi connectivity index (χ0n) is 10.2. The molecule has 0 rings (SSSR count). The van der Waals surface area contributed by atoms with Crippen molar-refractivity contribution < 1.29 is 61.6 Å². The molecule has 0 aliphatic carbocycles. The Balaban J connectivity index is 6.03. The van der Waals surface area contributed by atoms with E-state index in [-0.39, 0.29) is 0 Å². The van der Waals surface area contributed by atoms with E-state index in [9.17, 15) is 57.1 Å². The zero-order chi connectivity index (χ0) is 19.1. The van der Waals surface area contributed by atoms with Crippen LogP contribution in [0.25, 0.3) is 0 Å². The van der Waals surface area contributed by atoms with E-state index in [1.54, 1.807) is 0 Å². The van der Waals surface area contributed by atoms with Crippen molar-refractivity contribution in [2.24, 2.45) is 0 Å². The predicted molar refractivity (Wildman–Crippen MR) is 50.5 cm³/mol. The molecule has 23 heavy (non-hydrogen) atoms. The van der Waals surface area contributed by atoms with Gasteiger partial charge in [-0.2, -0.15) is 57.1 Å². The molecule has 0 saturated carbocycles. The van der Waals surface area contributed by atoms with Crippen LogP contribution in [-0.2, 0) is 0 Å². The predicted octanol–water partition coefficient (Wildman–Crippen LogP) is 5.32. The molecule has 0 aliphatic heterocycles. The van der Waals surface area contributed by atoms with Crippen LogP contribution in [0.4, 0.5) is 57.1 Å². The Morgan fingerprint density at radius 1 is 0.565 bits per heavy atom. The van der Waals surface area contributed by atoms with Crippen LogP contribution in [0.2, 0.25) is 0 Å². The molecule has 15 heteroatoms. The maximum absolute atomic E-state index is 12.9. The van der Waals surface area contributed by atoms with E-state index in [2.05, 4.69) is 0 Å². The van der Waals surface area contributed by atoms with Crippen molar-refractivity contribution in [3.63, 3.8) is 0 Å². The second-order valence-corrected chi connectivity index (χ2v) is 4.75. The first kappa shape index (κ1) is 22.4. The minimum Gasteiger partial charge on any atom is -0.330 e. The summed E-state index contributed by atoms with van der Waals surface area (Å²) < 4.78 is 171. The molecule has 0 bridgehead atoms. The summed E-state index contributed by atoms with van der Waals surface area (Å²) >= 11 is -0.601. The fourth-order valence-electron chi connectivity index (χ4n) is 1.13. The molecular formula is C8H5F13OS. The molecule has 140 valence electrons. The summed E-state index contributed by atoms with van der Waals surface area (Å²) in [7, 11) is 0. The van der Waals surface area contributed by atoms with Crippen LogP contribution in [0.15, 0.2) is 0 Å². The van der Waals surface area contributed by atoms with Crippen molar-refractivity contribution in [1.29, 1.82) is 0 Å². The van der Waals surface area contributed by atoms with E-state index in [1.807, 2.05) is 0 Å². The highest BCUT2D eigenvalue weighted by Crippen LogP contribution is 2.60. The largest absolute Gasteiger partial charge is 0.460 e. The van der Waals surface area contributed by atoms with E-state index in [0.29, 0.717) is 0 Å². The third-order valence-corrected chi connectivity index (χ3v) is 2.89. The molecule has 0 radical (unpaired) electrons. The second kappa shape index (κ2) is 6.04. The monoisotopic (exact) mass is 396 g/mol. The Kier molecular flexibility index (Phi) is 5.88. The molecule has 0 aliphatic rings. The molecule has 0 amide bonds. The van der Waals surface area contributed by atoms with E-state index in [0.717, 1.165) is 0 Å². The highest BCUT2D eigenvalue weighted by Gasteiger charge is 2.90. The molecule has 1 nitrogen and oxygen atoms in total. The first-order valence-corrected chi connectivity index (χ1v) is 5.97. The van der Waals surface area contributed by atoms with Gasteiger partial charge in [-0.15, -0.1) is 0 Å². The van der Waals surface area contributed by atoms with Crippen LogP contribution in [0, 0.1) is 0 Å². The van der Waals surface area contributed by atoms with Gasteiger partial charge in [0, 0.05) is 12.2 Å². The first-order chi connectivity index (χ1) is 9.81. The topological polar surface area (TPSA) is 20.2 Å². The number of hydrogen-bond acceptors (Lipinski definition) is 2. The van der Waals surface area contributed by atoms with Gasteiger partial charge in [0.15, 0.2) is 0 Å². The van der Waals surface area contributed by atoms with Crippen LogP contribution in [0.3, 0.4) is 0 Å². The van der Waals surface area contributed by atoms with Crippen LogP contribution in [0.1, 0.15) is 6.42 Å². The Bertz CT molecular complexity index is 415. The Hall–Kier alpha value is -0.600. The summed E-state index contributed by atoms with van der Waals surface area (Å²) in [5.41, 5.74) is 0. The normalized spacial score (nSPS) is 15.9. The van der Waals surface area contributed by atoms with Crippen molar-refractivity contribution in [3.05, 3.63) is 0 Å². The molecule has 1 N–H and O–H groups in total. The quantitative estimate of drug-likeness (QED) is 0.464. The third-order valence-electron chi connectivity index (χ3n) is 2.51. The second-order valence-electron chi connectivity index (χ2n) is 4.08. The average molecular weight is 396 g/mol. The molecule has 0 heterocycles. The first-order valence-electron chi connectivity index (χ1n) is 5.03. The lowest BCUT2D eigenvalue weighted by atomic mass is 9.93. The summed E-state index contributed by atoms with van der Waals surface area (Å²) in [6.45, 7) is 0. The summed E-state index contributed by atoms with van der Waals surface area (Å²) in [5, 5.41) is 0. The van der Waals surface area contributed by atoms with Crippen molar-refractivity contribution in [3.8, 4) is 0 Å². The maximum atomic E-state index is 12.9. The lowest BCUT2D eigenvalue weighted by Gasteiger charge is -2.39. The molecule has 0 atom stereocenters. The SMILES string of the molecule is OSCCC(F)(F)C(F)(F)C(F)(F)C(F)(F)C(F)(F)C(F)(F)F. The van der Waals surface area contributed by atoms with Crippen molar-refractivity contribution >= 4 is 12.0 Å². The molecule has 0 aromatic rings. The summed E-state index contributed by atoms with van der Waals surface area (Å²) in [5.74, 6) is -38.2. The Morgan fingerprint density at radius 2 is 0.913 bits per heavy atom. The fourth-order valence-corrected chi connectivity index (χ4v) is 1.48. The lowest BCUT2D eigenvalue weighted by molar-refractivity contribution is -0.439. The van der Waals surface area contributed by atoms with Gasteiger partial charge in [0.2, 0.25) is 0 Å². The van der Waals surface area contributed by atoms with Gasteiger partial charge in [0.05, 0.1) is 0 Å². The van der Waals surface area contributed by atoms with E-state index < -0.39 is 60.0 Å². The van der Waals surface area contributed by atoms with Gasteiger partial charge < -0.3 is 4.55 Å². The van der Waals surface area contributed by atoms with Crippen molar-refractivity contribution in [1.82, 2.24) is 0 Å². The van der Waals surface area contributed by atoms with Gasteiger partial charge in [-0.3, -0.25) is 0 Å². The third kappa shape index (κ3) is 3.30. The summed E-state index contributed by atoms with van der Waals surface area (Å²) in [6.07, 6.45) is -9.81. The van der Waals surface area contributed by atoms with Gasteiger partial charge in [-0.05, 0) is 12.0 Å². The smallest absolute Gasteiger partial charge is 0.330 e. The number of hydrogen-bond donors (Lipinski definition) is 1. The highest BCUT2D eigenvalue weighted by atomic mass is 32.2. The molecule has 0 unspecified atom stereocenters. The molecule has 0 fully saturated rings. The molecule has 0 spiro atoms. The van der Waals surface area contributed by atoms with Crippen LogP contribution in [-0.4, -0.2) is 46.1 Å². The van der Waals surface area contributed by atoms with Gasteiger partial charge in [0.1, 0.15) is 0 Å². The van der Waals surface area contributed by atoms with Crippen LogP contribution in [0.5, 0.6) is 0 Å². The number of rotatable bonds is 7. The van der Waals surface area contributed by atoms with E-state index in [1.165, 1.54) is 0 Å². The highest BCUT2D eigenvalue weighted by molar-refractivity contribution is 7.93. The zero-order valence-corrected chi connectivity index (χ0v) is 11.0. The molecule has 0 saturated heterocycles. The van der Waals surface area contributed by atoms with Gasteiger partial charge in [0.25, 0.3) is 0 Å². The Morgan fingerprint density at radius 3 is 1.22 bits per heavy atom. The fraction of sp³-hybridized carbons (Fsp3) is 1.00. The van der Waals surface area contributed by atoms with E-state index in [4.69, 9.17) is 4.55 Å². The van der Waals surface area contributed by atoms with E-state index >= 15 is 0 Å². The van der Waals surface area contributed by atoms with Crippen LogP contribution >= 0.6 is 12.0 Å². The van der Waals surface area contributed by atoms with Crippen LogP contribution < -0.4 is 0 Å². The summed E-state index contributed by atoms with van der Waals surface area (Å²) in [6, 6.07) is 0. The van der Waals surface area contributed by atoms with Gasteiger partial charge in [-0.25, -0.2) is 0 Å². The molecule has 0 aromatic heterocycles. The average Bonchev–Trinajstić information content (AvgIpc) is 2.34. The minimum absolute atomic E-state index is 0.601. The summed E-state index contributed by atoms with van der Waals surface area (Å²) in [4.78, 5) is 0. The number of halogens is 13. The minimum atomic E-state index is -7.88. The lowest BCUT2D eigenvalue weighted by Crippen LogP contribution is -2.70. The van der Waals surface area contributed by atoms with Crippen molar-refractivity contribution in [2.75, 3.05) is 5.75 Å². The van der Waals surface area contributed by atoms with Gasteiger partial charge >= 0.3 is 35.8 Å². The van der Waals surface area contributed by atoms with Gasteiger partial charge in [-0.1, -0.05) is 0 Å². The van der Waals surface area contributed by atoms with Crippen molar-refractivity contribution in [2.45, 2.75) is 42.2 Å². The number of alkyl halides is 13. The molecular weight excluding hydrogens is 391 g/mol. The molecule has 0 aromatic carbocycles.